The summed E-state index contributed by atoms with van der Waals surface area (Å²) in [6, 6.07) is 0. The minimum Gasteiger partial charge on any atom is -0.393 e. The van der Waals surface area contributed by atoms with E-state index in [1.54, 1.807) is 0 Å². The van der Waals surface area contributed by atoms with Crippen LogP contribution in [0.3, 0.4) is 0 Å². The molecule has 0 radical (unpaired) electrons. The van der Waals surface area contributed by atoms with Crippen molar-refractivity contribution in [2.24, 2.45) is 23.7 Å². The summed E-state index contributed by atoms with van der Waals surface area (Å²) in [4.78, 5) is 0. The summed E-state index contributed by atoms with van der Waals surface area (Å²) in [6.45, 7) is 0. The van der Waals surface area contributed by atoms with Crippen molar-refractivity contribution in [2.45, 2.75) is 63.9 Å². The molecule has 1 N–H and O–H groups in total. The van der Waals surface area contributed by atoms with Gasteiger partial charge in [0.05, 0.1) is 6.10 Å². The van der Waals surface area contributed by atoms with Crippen molar-refractivity contribution in [3.05, 3.63) is 0 Å². The number of aliphatic hydroxyl groups is 1. The van der Waals surface area contributed by atoms with Crippen LogP contribution in [0.2, 0.25) is 0 Å². The first kappa shape index (κ1) is 10.1. The van der Waals surface area contributed by atoms with Crippen LogP contribution < -0.4 is 0 Å². The van der Waals surface area contributed by atoms with Crippen molar-refractivity contribution in [3.8, 4) is 0 Å². The lowest BCUT2D eigenvalue weighted by Crippen LogP contribution is -2.24. The monoisotopic (exact) mass is 208 g/mol. The summed E-state index contributed by atoms with van der Waals surface area (Å²) in [5.41, 5.74) is 0. The fourth-order valence-electron chi connectivity index (χ4n) is 4.35. The minimum atomic E-state index is 0.0680. The normalized spacial score (nSPS) is 43.4. The highest BCUT2D eigenvalue weighted by molar-refractivity contribution is 5.05. The van der Waals surface area contributed by atoms with Gasteiger partial charge in [-0.3, -0.25) is 0 Å². The average Bonchev–Trinajstić information content (AvgIpc) is 2.87. The Morgan fingerprint density at radius 2 is 1.33 bits per heavy atom. The van der Waals surface area contributed by atoms with E-state index in [0.29, 0.717) is 5.92 Å². The van der Waals surface area contributed by atoms with E-state index in [9.17, 15) is 5.11 Å². The zero-order valence-electron chi connectivity index (χ0n) is 9.70. The summed E-state index contributed by atoms with van der Waals surface area (Å²) in [6.07, 6.45) is 12.5. The van der Waals surface area contributed by atoms with Crippen LogP contribution in [0.5, 0.6) is 0 Å². The first-order chi connectivity index (χ1) is 7.38. The molecule has 3 atom stereocenters. The fourth-order valence-corrected chi connectivity index (χ4v) is 4.35. The van der Waals surface area contributed by atoms with Crippen LogP contribution in [0.4, 0.5) is 0 Å². The number of hydrogen-bond donors (Lipinski definition) is 1. The Morgan fingerprint density at radius 1 is 0.733 bits per heavy atom. The minimum absolute atomic E-state index is 0.0680. The van der Waals surface area contributed by atoms with Crippen molar-refractivity contribution < 1.29 is 5.11 Å². The van der Waals surface area contributed by atoms with Crippen LogP contribution >= 0.6 is 0 Å². The molecule has 0 aliphatic heterocycles. The molecule has 15 heavy (non-hydrogen) atoms. The number of fused-ring (bicyclic) bond motifs is 1. The summed E-state index contributed by atoms with van der Waals surface area (Å²) in [5, 5.41) is 10.4. The van der Waals surface area contributed by atoms with Crippen LogP contribution in [0.25, 0.3) is 0 Å². The second-order valence-corrected chi connectivity index (χ2v) is 6.08. The van der Waals surface area contributed by atoms with Crippen LogP contribution in [0.15, 0.2) is 0 Å². The lowest BCUT2D eigenvalue weighted by molar-refractivity contribution is 0.0660. The van der Waals surface area contributed by atoms with Gasteiger partial charge in [-0.15, -0.1) is 0 Å². The molecule has 1 nitrogen and oxygen atoms in total. The summed E-state index contributed by atoms with van der Waals surface area (Å²) >= 11 is 0. The molecule has 1 heteroatoms. The Hall–Kier alpha value is -0.0400. The van der Waals surface area contributed by atoms with Gasteiger partial charge in [-0.1, -0.05) is 32.1 Å². The van der Waals surface area contributed by atoms with E-state index in [1.165, 1.54) is 57.8 Å². The maximum atomic E-state index is 10.4. The lowest BCUT2D eigenvalue weighted by atomic mass is 9.88. The van der Waals surface area contributed by atoms with Gasteiger partial charge >= 0.3 is 0 Å². The molecule has 3 saturated carbocycles. The van der Waals surface area contributed by atoms with E-state index in [4.69, 9.17) is 0 Å². The van der Waals surface area contributed by atoms with Crippen molar-refractivity contribution in [1.29, 1.82) is 0 Å². The molecule has 0 spiro atoms. The van der Waals surface area contributed by atoms with E-state index in [2.05, 4.69) is 0 Å². The van der Waals surface area contributed by atoms with Crippen molar-refractivity contribution in [3.63, 3.8) is 0 Å². The Bertz CT molecular complexity index is 207. The highest BCUT2D eigenvalue weighted by Crippen LogP contribution is 2.60. The van der Waals surface area contributed by atoms with Gasteiger partial charge in [-0.05, 0) is 49.4 Å². The standard InChI is InChI=1S/C14H24O/c15-14(10-6-3-1-2-4-7-10)13-11-8-5-9-12(11)13/h10-15H,1-9H2. The third-order valence-electron chi connectivity index (χ3n) is 5.25. The molecule has 3 unspecified atom stereocenters. The third kappa shape index (κ3) is 1.84. The maximum absolute atomic E-state index is 10.4. The second kappa shape index (κ2) is 4.08. The molecule has 3 aliphatic rings. The topological polar surface area (TPSA) is 20.2 Å². The van der Waals surface area contributed by atoms with Crippen molar-refractivity contribution in [2.75, 3.05) is 0 Å². The molecule has 0 aromatic carbocycles. The lowest BCUT2D eigenvalue weighted by Gasteiger charge is -2.22. The molecule has 0 bridgehead atoms. The average molecular weight is 208 g/mol. The highest BCUT2D eigenvalue weighted by Gasteiger charge is 2.56. The molecular formula is C14H24O. The van der Waals surface area contributed by atoms with E-state index >= 15 is 0 Å². The Labute approximate surface area is 93.3 Å². The smallest absolute Gasteiger partial charge is 0.0602 e. The number of hydrogen-bond acceptors (Lipinski definition) is 1. The van der Waals surface area contributed by atoms with E-state index < -0.39 is 0 Å². The molecule has 3 fully saturated rings. The predicted octanol–water partition coefficient (Wildman–Crippen LogP) is 3.36. The van der Waals surface area contributed by atoms with E-state index in [0.717, 1.165) is 17.8 Å². The summed E-state index contributed by atoms with van der Waals surface area (Å²) in [7, 11) is 0. The molecule has 0 amide bonds. The molecule has 0 aromatic rings. The second-order valence-electron chi connectivity index (χ2n) is 6.08. The SMILES string of the molecule is OC(C1CCCCCC1)C1C2CCCC21. The molecule has 0 heterocycles. The fraction of sp³-hybridized carbons (Fsp3) is 1.00. The Kier molecular flexibility index (Phi) is 2.76. The van der Waals surface area contributed by atoms with Crippen molar-refractivity contribution >= 4 is 0 Å². The van der Waals surface area contributed by atoms with Crippen LogP contribution in [-0.4, -0.2) is 11.2 Å². The van der Waals surface area contributed by atoms with Gasteiger partial charge in [-0.2, -0.15) is 0 Å². The molecule has 3 rings (SSSR count). The largest absolute Gasteiger partial charge is 0.393 e. The van der Waals surface area contributed by atoms with Gasteiger partial charge in [-0.25, -0.2) is 0 Å². The first-order valence-electron chi connectivity index (χ1n) is 7.06. The quantitative estimate of drug-likeness (QED) is 0.690. The van der Waals surface area contributed by atoms with Gasteiger partial charge < -0.3 is 5.11 Å². The summed E-state index contributed by atoms with van der Waals surface area (Å²) < 4.78 is 0. The highest BCUT2D eigenvalue weighted by atomic mass is 16.3. The van der Waals surface area contributed by atoms with E-state index in [-0.39, 0.29) is 6.10 Å². The zero-order chi connectivity index (χ0) is 10.3. The molecule has 3 aliphatic carbocycles. The Balaban J connectivity index is 1.57. The molecule has 0 saturated heterocycles. The first-order valence-corrected chi connectivity index (χ1v) is 7.06. The Morgan fingerprint density at radius 3 is 1.93 bits per heavy atom. The number of aliphatic hydroxyl groups excluding tert-OH is 1. The molecule has 86 valence electrons. The summed E-state index contributed by atoms with van der Waals surface area (Å²) in [5.74, 6) is 3.25. The van der Waals surface area contributed by atoms with Gasteiger partial charge in [0.25, 0.3) is 0 Å². The van der Waals surface area contributed by atoms with Crippen LogP contribution in [-0.2, 0) is 0 Å². The molecule has 0 aromatic heterocycles. The number of rotatable bonds is 2. The van der Waals surface area contributed by atoms with Crippen LogP contribution in [0, 0.1) is 23.7 Å². The van der Waals surface area contributed by atoms with Crippen LogP contribution in [0.1, 0.15) is 57.8 Å². The van der Waals surface area contributed by atoms with Gasteiger partial charge in [0, 0.05) is 0 Å². The maximum Gasteiger partial charge on any atom is 0.0602 e. The zero-order valence-corrected chi connectivity index (χ0v) is 9.70. The third-order valence-corrected chi connectivity index (χ3v) is 5.25. The van der Waals surface area contributed by atoms with Crippen molar-refractivity contribution in [1.82, 2.24) is 0 Å². The van der Waals surface area contributed by atoms with Gasteiger partial charge in [0.2, 0.25) is 0 Å². The van der Waals surface area contributed by atoms with Gasteiger partial charge in [0.1, 0.15) is 0 Å². The molecular weight excluding hydrogens is 184 g/mol. The predicted molar refractivity (Wildman–Crippen MR) is 61.5 cm³/mol. The van der Waals surface area contributed by atoms with Gasteiger partial charge in [0.15, 0.2) is 0 Å². The van der Waals surface area contributed by atoms with E-state index in [1.807, 2.05) is 0 Å².